The molecule has 3 nitrogen and oxygen atoms in total. The molecule has 1 aromatic rings. The van der Waals surface area contributed by atoms with Gasteiger partial charge in [0.15, 0.2) is 0 Å². The first-order chi connectivity index (χ1) is 8.95. The summed E-state index contributed by atoms with van der Waals surface area (Å²) >= 11 is 3.18. The maximum Gasteiger partial charge on any atom is 0.256 e. The number of hydrogen-bond donors (Lipinski definition) is 0. The molecule has 0 atom stereocenters. The summed E-state index contributed by atoms with van der Waals surface area (Å²) in [5.74, 6) is -0.486. The zero-order valence-electron chi connectivity index (χ0n) is 11.5. The van der Waals surface area contributed by atoms with Gasteiger partial charge in [0.2, 0.25) is 0 Å². The Morgan fingerprint density at radius 3 is 2.68 bits per heavy atom. The van der Waals surface area contributed by atoms with Gasteiger partial charge in [-0.25, -0.2) is 4.39 Å². The van der Waals surface area contributed by atoms with Gasteiger partial charge < -0.3 is 9.64 Å². The topological polar surface area (TPSA) is 29.5 Å². The number of hydrogen-bond acceptors (Lipinski definition) is 2. The summed E-state index contributed by atoms with van der Waals surface area (Å²) in [6.07, 6.45) is 0. The predicted octanol–water partition coefficient (Wildman–Crippen LogP) is 3.33. The lowest BCUT2D eigenvalue weighted by Crippen LogP contribution is -2.37. The molecule has 19 heavy (non-hydrogen) atoms. The average molecular weight is 332 g/mol. The van der Waals surface area contributed by atoms with E-state index in [1.807, 2.05) is 13.8 Å². The van der Waals surface area contributed by atoms with Gasteiger partial charge >= 0.3 is 0 Å². The van der Waals surface area contributed by atoms with E-state index in [0.29, 0.717) is 30.1 Å². The lowest BCUT2D eigenvalue weighted by molar-refractivity contribution is 0.0667. The van der Waals surface area contributed by atoms with Crippen molar-refractivity contribution in [3.63, 3.8) is 0 Å². The standard InChI is InChI=1S/C14H19BrFNO2/c1-10(2)9-17(6-7-19-3)14(18)12-5-4-11(15)8-13(12)16/h4-5,8,10H,6-7,9H2,1-3H3. The fraction of sp³-hybridized carbons (Fsp3) is 0.500. The molecule has 0 spiro atoms. The van der Waals surface area contributed by atoms with Crippen molar-refractivity contribution in [2.45, 2.75) is 13.8 Å². The van der Waals surface area contributed by atoms with Crippen LogP contribution in [0.15, 0.2) is 22.7 Å². The van der Waals surface area contributed by atoms with E-state index in [1.165, 1.54) is 12.1 Å². The molecule has 1 rings (SSSR count). The number of methoxy groups -OCH3 is 1. The second kappa shape index (κ2) is 7.60. The first-order valence-electron chi connectivity index (χ1n) is 6.19. The van der Waals surface area contributed by atoms with Crippen LogP contribution in [0.5, 0.6) is 0 Å². The number of rotatable bonds is 6. The minimum Gasteiger partial charge on any atom is -0.383 e. The SMILES string of the molecule is COCCN(CC(C)C)C(=O)c1ccc(Br)cc1F. The largest absolute Gasteiger partial charge is 0.383 e. The van der Waals surface area contributed by atoms with Gasteiger partial charge in [-0.05, 0) is 24.1 Å². The van der Waals surface area contributed by atoms with Crippen LogP contribution in [0, 0.1) is 11.7 Å². The van der Waals surface area contributed by atoms with Gasteiger partial charge in [-0.15, -0.1) is 0 Å². The highest BCUT2D eigenvalue weighted by Crippen LogP contribution is 2.17. The van der Waals surface area contributed by atoms with E-state index in [4.69, 9.17) is 4.74 Å². The van der Waals surface area contributed by atoms with E-state index in [1.54, 1.807) is 18.1 Å². The third kappa shape index (κ3) is 4.91. The fourth-order valence-corrected chi connectivity index (χ4v) is 2.08. The molecular weight excluding hydrogens is 313 g/mol. The van der Waals surface area contributed by atoms with E-state index in [2.05, 4.69) is 15.9 Å². The fourth-order valence-electron chi connectivity index (χ4n) is 1.75. The molecule has 0 aliphatic carbocycles. The monoisotopic (exact) mass is 331 g/mol. The molecule has 0 aliphatic rings. The van der Waals surface area contributed by atoms with Crippen molar-refractivity contribution in [3.8, 4) is 0 Å². The van der Waals surface area contributed by atoms with Crippen LogP contribution in [0.3, 0.4) is 0 Å². The van der Waals surface area contributed by atoms with Crippen molar-refractivity contribution in [2.75, 3.05) is 26.8 Å². The molecule has 0 aliphatic heterocycles. The van der Waals surface area contributed by atoms with Gasteiger partial charge in [0.25, 0.3) is 5.91 Å². The van der Waals surface area contributed by atoms with Crippen LogP contribution in [0.2, 0.25) is 0 Å². The Morgan fingerprint density at radius 1 is 1.47 bits per heavy atom. The minimum atomic E-state index is -0.509. The second-order valence-corrected chi connectivity index (χ2v) is 5.68. The van der Waals surface area contributed by atoms with Crippen molar-refractivity contribution in [1.29, 1.82) is 0 Å². The molecular formula is C14H19BrFNO2. The second-order valence-electron chi connectivity index (χ2n) is 4.76. The number of benzene rings is 1. The highest BCUT2D eigenvalue weighted by molar-refractivity contribution is 9.10. The summed E-state index contributed by atoms with van der Waals surface area (Å²) in [4.78, 5) is 14.0. The van der Waals surface area contributed by atoms with Crippen LogP contribution in [-0.4, -0.2) is 37.6 Å². The summed E-state index contributed by atoms with van der Waals surface area (Å²) < 4.78 is 19.4. The quantitative estimate of drug-likeness (QED) is 0.800. The molecule has 0 bridgehead atoms. The van der Waals surface area contributed by atoms with Crippen LogP contribution in [0.1, 0.15) is 24.2 Å². The average Bonchev–Trinajstić information content (AvgIpc) is 2.33. The third-order valence-corrected chi connectivity index (χ3v) is 3.09. The van der Waals surface area contributed by atoms with Crippen LogP contribution in [-0.2, 0) is 4.74 Å². The number of ether oxygens (including phenoxy) is 1. The molecule has 0 fully saturated rings. The molecule has 1 aromatic carbocycles. The zero-order valence-corrected chi connectivity index (χ0v) is 13.0. The van der Waals surface area contributed by atoms with E-state index in [0.717, 1.165) is 0 Å². The first kappa shape index (κ1) is 16.1. The zero-order chi connectivity index (χ0) is 14.4. The number of amides is 1. The normalized spacial score (nSPS) is 10.8. The summed E-state index contributed by atoms with van der Waals surface area (Å²) in [6, 6.07) is 4.47. The van der Waals surface area contributed by atoms with Gasteiger partial charge in [-0.1, -0.05) is 29.8 Å². The van der Waals surface area contributed by atoms with Crippen molar-refractivity contribution in [2.24, 2.45) is 5.92 Å². The maximum absolute atomic E-state index is 13.8. The van der Waals surface area contributed by atoms with Crippen LogP contribution < -0.4 is 0 Å². The van der Waals surface area contributed by atoms with E-state index in [9.17, 15) is 9.18 Å². The Hall–Kier alpha value is -0.940. The Morgan fingerprint density at radius 2 is 2.16 bits per heavy atom. The van der Waals surface area contributed by atoms with Crippen LogP contribution in [0.25, 0.3) is 0 Å². The van der Waals surface area contributed by atoms with Gasteiger partial charge in [-0.3, -0.25) is 4.79 Å². The summed E-state index contributed by atoms with van der Waals surface area (Å²) in [6.45, 7) is 5.52. The van der Waals surface area contributed by atoms with E-state index < -0.39 is 5.82 Å². The van der Waals surface area contributed by atoms with Crippen molar-refractivity contribution < 1.29 is 13.9 Å². The van der Waals surface area contributed by atoms with Crippen molar-refractivity contribution in [3.05, 3.63) is 34.1 Å². The number of nitrogens with zero attached hydrogens (tertiary/aromatic N) is 1. The highest BCUT2D eigenvalue weighted by Gasteiger charge is 2.19. The molecule has 0 unspecified atom stereocenters. The van der Waals surface area contributed by atoms with Crippen LogP contribution in [0.4, 0.5) is 4.39 Å². The molecule has 0 heterocycles. The van der Waals surface area contributed by atoms with Gasteiger partial charge in [0.05, 0.1) is 12.2 Å². The Labute approximate surface area is 121 Å². The summed E-state index contributed by atoms with van der Waals surface area (Å²) in [5.41, 5.74) is 0.0972. The van der Waals surface area contributed by atoms with Gasteiger partial charge in [-0.2, -0.15) is 0 Å². The summed E-state index contributed by atoms with van der Waals surface area (Å²) in [7, 11) is 1.58. The van der Waals surface area contributed by atoms with Gasteiger partial charge in [0.1, 0.15) is 5.82 Å². The van der Waals surface area contributed by atoms with E-state index in [-0.39, 0.29) is 11.5 Å². The minimum absolute atomic E-state index is 0.0972. The third-order valence-electron chi connectivity index (χ3n) is 2.60. The molecule has 106 valence electrons. The highest BCUT2D eigenvalue weighted by atomic mass is 79.9. The first-order valence-corrected chi connectivity index (χ1v) is 6.98. The van der Waals surface area contributed by atoms with Crippen LogP contribution >= 0.6 is 15.9 Å². The molecule has 0 aromatic heterocycles. The molecule has 1 amide bonds. The number of halogens is 2. The lowest BCUT2D eigenvalue weighted by Gasteiger charge is -2.24. The predicted molar refractivity (Wildman–Crippen MR) is 76.7 cm³/mol. The Kier molecular flexibility index (Phi) is 6.45. The number of carbonyl (C=O) groups excluding carboxylic acids is 1. The van der Waals surface area contributed by atoms with E-state index >= 15 is 0 Å². The summed E-state index contributed by atoms with van der Waals surface area (Å²) in [5, 5.41) is 0. The Balaban J connectivity index is 2.90. The lowest BCUT2D eigenvalue weighted by atomic mass is 10.1. The molecule has 0 radical (unpaired) electrons. The molecule has 5 heteroatoms. The van der Waals surface area contributed by atoms with Crippen molar-refractivity contribution >= 4 is 21.8 Å². The van der Waals surface area contributed by atoms with Crippen molar-refractivity contribution in [1.82, 2.24) is 4.90 Å². The molecule has 0 saturated heterocycles. The molecule has 0 N–H and O–H groups in total. The number of carbonyl (C=O) groups is 1. The van der Waals surface area contributed by atoms with Gasteiger partial charge in [0, 0.05) is 24.7 Å². The maximum atomic E-state index is 13.8. The Bertz CT molecular complexity index is 437. The smallest absolute Gasteiger partial charge is 0.256 e. The molecule has 0 saturated carbocycles.